The summed E-state index contributed by atoms with van der Waals surface area (Å²) in [6.45, 7) is 7.20. The average Bonchev–Trinajstić information content (AvgIpc) is 2.06. The summed E-state index contributed by atoms with van der Waals surface area (Å²) in [6, 6.07) is 0. The molecule has 0 radical (unpaired) electrons. The average molecular weight is 151 g/mol. The van der Waals surface area contributed by atoms with Crippen LogP contribution in [0.3, 0.4) is 0 Å². The summed E-state index contributed by atoms with van der Waals surface area (Å²) in [5.41, 5.74) is 1.02. The van der Waals surface area contributed by atoms with Crippen molar-refractivity contribution in [3.05, 3.63) is 36.3 Å². The highest BCUT2D eigenvalue weighted by molar-refractivity contribution is 5.28. The van der Waals surface area contributed by atoms with E-state index in [4.69, 9.17) is 4.74 Å². The van der Waals surface area contributed by atoms with Crippen LogP contribution in [0.25, 0.3) is 0 Å². The lowest BCUT2D eigenvalue weighted by Crippen LogP contribution is -2.27. The molecule has 2 nitrogen and oxygen atoms in total. The van der Waals surface area contributed by atoms with E-state index in [1.807, 2.05) is 19.1 Å². The minimum atomic E-state index is 0.744. The Labute approximate surface area is 67.2 Å². The Kier molecular flexibility index (Phi) is 2.78. The number of morpholine rings is 1. The van der Waals surface area contributed by atoms with Crippen LogP contribution in [0.15, 0.2) is 36.3 Å². The molecule has 1 fully saturated rings. The van der Waals surface area contributed by atoms with E-state index in [-0.39, 0.29) is 0 Å². The van der Waals surface area contributed by atoms with Gasteiger partial charge in [0.2, 0.25) is 0 Å². The minimum Gasteiger partial charge on any atom is -0.490 e. The van der Waals surface area contributed by atoms with Crippen LogP contribution < -0.4 is 5.32 Å². The van der Waals surface area contributed by atoms with Gasteiger partial charge in [0, 0.05) is 6.54 Å². The smallest absolute Gasteiger partial charge is 0.138 e. The van der Waals surface area contributed by atoms with Crippen LogP contribution in [0, 0.1) is 0 Å². The Balaban J connectivity index is 2.74. The van der Waals surface area contributed by atoms with Crippen molar-refractivity contribution in [1.29, 1.82) is 0 Å². The Morgan fingerprint density at radius 1 is 1.64 bits per heavy atom. The Bertz CT molecular complexity index is 204. The normalized spacial score (nSPS) is 24.5. The first kappa shape index (κ1) is 7.92. The van der Waals surface area contributed by atoms with Gasteiger partial charge in [0.25, 0.3) is 0 Å². The highest BCUT2D eigenvalue weighted by Crippen LogP contribution is 2.11. The van der Waals surface area contributed by atoms with E-state index >= 15 is 0 Å². The first-order valence-corrected chi connectivity index (χ1v) is 3.74. The summed E-state index contributed by atoms with van der Waals surface area (Å²) in [5.74, 6) is 0.913. The first-order valence-electron chi connectivity index (χ1n) is 3.74. The van der Waals surface area contributed by atoms with Gasteiger partial charge in [-0.05, 0) is 19.1 Å². The topological polar surface area (TPSA) is 21.3 Å². The van der Waals surface area contributed by atoms with Gasteiger partial charge in [-0.25, -0.2) is 0 Å². The predicted molar refractivity (Wildman–Crippen MR) is 46.0 cm³/mol. The molecule has 0 bridgehead atoms. The number of rotatable bonds is 1. The fourth-order valence-corrected chi connectivity index (χ4v) is 1.01. The zero-order valence-electron chi connectivity index (χ0n) is 6.76. The standard InChI is InChI=1S/C9H13NO/c1-3-5-8-9(4-2)11-7-6-10-8/h3-5,10H,1,6-7H2,2H3/b8-5+,9-4+. The van der Waals surface area contributed by atoms with Crippen molar-refractivity contribution in [1.82, 2.24) is 5.32 Å². The summed E-state index contributed by atoms with van der Waals surface area (Å²) in [7, 11) is 0. The van der Waals surface area contributed by atoms with Crippen molar-refractivity contribution in [3.63, 3.8) is 0 Å². The number of allylic oxidation sites excluding steroid dienone is 3. The molecule has 2 heteroatoms. The Hall–Kier alpha value is -1.18. The fourth-order valence-electron chi connectivity index (χ4n) is 1.01. The van der Waals surface area contributed by atoms with E-state index in [0.717, 1.165) is 24.6 Å². The summed E-state index contributed by atoms with van der Waals surface area (Å²) >= 11 is 0. The van der Waals surface area contributed by atoms with Crippen molar-refractivity contribution >= 4 is 0 Å². The molecule has 1 N–H and O–H groups in total. The maximum Gasteiger partial charge on any atom is 0.138 e. The first-order chi connectivity index (χ1) is 5.38. The molecule has 0 spiro atoms. The molecular formula is C9H13NO. The van der Waals surface area contributed by atoms with Gasteiger partial charge >= 0.3 is 0 Å². The monoisotopic (exact) mass is 151 g/mol. The molecule has 1 heterocycles. The van der Waals surface area contributed by atoms with Crippen LogP contribution in [-0.4, -0.2) is 13.2 Å². The molecule has 0 aromatic carbocycles. The number of nitrogens with one attached hydrogen (secondary N) is 1. The summed E-state index contributed by atoms with van der Waals surface area (Å²) in [6.07, 6.45) is 5.61. The molecule has 1 aliphatic heterocycles. The maximum atomic E-state index is 5.37. The van der Waals surface area contributed by atoms with Crippen LogP contribution >= 0.6 is 0 Å². The Morgan fingerprint density at radius 2 is 2.45 bits per heavy atom. The van der Waals surface area contributed by atoms with Gasteiger partial charge in [-0.2, -0.15) is 0 Å². The van der Waals surface area contributed by atoms with Gasteiger partial charge in [0.15, 0.2) is 0 Å². The molecule has 0 aromatic heterocycles. The second-order valence-corrected chi connectivity index (χ2v) is 2.24. The number of hydrogen-bond donors (Lipinski definition) is 1. The Morgan fingerprint density at radius 3 is 3.09 bits per heavy atom. The van der Waals surface area contributed by atoms with Crippen molar-refractivity contribution in [2.45, 2.75) is 6.92 Å². The second-order valence-electron chi connectivity index (χ2n) is 2.24. The highest BCUT2D eigenvalue weighted by atomic mass is 16.5. The van der Waals surface area contributed by atoms with Crippen molar-refractivity contribution in [3.8, 4) is 0 Å². The summed E-state index contributed by atoms with van der Waals surface area (Å²) in [4.78, 5) is 0. The molecule has 0 unspecified atom stereocenters. The number of ether oxygens (including phenoxy) is 1. The van der Waals surface area contributed by atoms with E-state index in [1.54, 1.807) is 6.08 Å². The van der Waals surface area contributed by atoms with Gasteiger partial charge in [-0.3, -0.25) is 0 Å². The largest absolute Gasteiger partial charge is 0.490 e. The SMILES string of the molecule is C=C/C=C1/NCCO/C1=C/C. The van der Waals surface area contributed by atoms with E-state index in [9.17, 15) is 0 Å². The zero-order chi connectivity index (χ0) is 8.10. The molecule has 0 atom stereocenters. The molecule has 0 aliphatic carbocycles. The van der Waals surface area contributed by atoms with Gasteiger partial charge < -0.3 is 10.1 Å². The third-order valence-corrected chi connectivity index (χ3v) is 1.49. The zero-order valence-corrected chi connectivity index (χ0v) is 6.76. The van der Waals surface area contributed by atoms with Crippen LogP contribution in [0.2, 0.25) is 0 Å². The van der Waals surface area contributed by atoms with Crippen LogP contribution in [0.1, 0.15) is 6.92 Å². The molecule has 11 heavy (non-hydrogen) atoms. The maximum absolute atomic E-state index is 5.37. The fraction of sp³-hybridized carbons (Fsp3) is 0.333. The molecule has 1 saturated heterocycles. The van der Waals surface area contributed by atoms with Crippen LogP contribution in [-0.2, 0) is 4.74 Å². The lowest BCUT2D eigenvalue weighted by molar-refractivity contribution is 0.196. The van der Waals surface area contributed by atoms with Crippen molar-refractivity contribution < 1.29 is 4.74 Å². The van der Waals surface area contributed by atoms with Crippen LogP contribution in [0.5, 0.6) is 0 Å². The van der Waals surface area contributed by atoms with Gasteiger partial charge in [0.1, 0.15) is 12.4 Å². The highest BCUT2D eigenvalue weighted by Gasteiger charge is 2.08. The molecule has 1 rings (SSSR count). The molecule has 0 amide bonds. The lowest BCUT2D eigenvalue weighted by Gasteiger charge is -2.20. The lowest BCUT2D eigenvalue weighted by atomic mass is 10.3. The molecule has 60 valence electrons. The number of hydrogen-bond acceptors (Lipinski definition) is 2. The quantitative estimate of drug-likeness (QED) is 0.614. The van der Waals surface area contributed by atoms with Crippen LogP contribution in [0.4, 0.5) is 0 Å². The van der Waals surface area contributed by atoms with Crippen molar-refractivity contribution in [2.24, 2.45) is 0 Å². The van der Waals surface area contributed by atoms with E-state index in [1.165, 1.54) is 0 Å². The van der Waals surface area contributed by atoms with Gasteiger partial charge in [-0.15, -0.1) is 0 Å². The molecule has 0 aromatic rings. The molecular weight excluding hydrogens is 138 g/mol. The molecule has 0 saturated carbocycles. The third-order valence-electron chi connectivity index (χ3n) is 1.49. The summed E-state index contributed by atoms with van der Waals surface area (Å²) in [5, 5.41) is 3.22. The van der Waals surface area contributed by atoms with E-state index < -0.39 is 0 Å². The van der Waals surface area contributed by atoms with Crippen molar-refractivity contribution in [2.75, 3.05) is 13.2 Å². The van der Waals surface area contributed by atoms with Gasteiger partial charge in [-0.1, -0.05) is 12.7 Å². The minimum absolute atomic E-state index is 0.744. The summed E-state index contributed by atoms with van der Waals surface area (Å²) < 4.78 is 5.37. The third kappa shape index (κ3) is 1.87. The van der Waals surface area contributed by atoms with E-state index in [0.29, 0.717) is 0 Å². The van der Waals surface area contributed by atoms with E-state index in [2.05, 4.69) is 11.9 Å². The second kappa shape index (κ2) is 3.86. The molecule has 1 aliphatic rings. The van der Waals surface area contributed by atoms with Gasteiger partial charge in [0.05, 0.1) is 5.70 Å². The predicted octanol–water partition coefficient (Wildman–Crippen LogP) is 1.58.